The fraction of sp³-hybridized carbons (Fsp3) is 0.278. The zero-order chi connectivity index (χ0) is 19.2. The summed E-state index contributed by atoms with van der Waals surface area (Å²) in [6, 6.07) is 15.4. The van der Waals surface area contributed by atoms with Crippen molar-refractivity contribution in [3.63, 3.8) is 0 Å². The van der Waals surface area contributed by atoms with Crippen molar-refractivity contribution in [1.29, 1.82) is 0 Å². The minimum Gasteiger partial charge on any atom is -0.353 e. The van der Waals surface area contributed by atoms with Crippen molar-refractivity contribution in [2.24, 2.45) is 0 Å². The summed E-state index contributed by atoms with van der Waals surface area (Å²) in [4.78, 5) is 13.6. The molecule has 0 saturated carbocycles. The number of halogens is 1. The topological polar surface area (TPSA) is 66.5 Å². The molecule has 1 amide bonds. The lowest BCUT2D eigenvalue weighted by atomic mass is 10.2. The second kappa shape index (κ2) is 9.30. The average Bonchev–Trinajstić information content (AvgIpc) is 2.58. The van der Waals surface area contributed by atoms with E-state index in [-0.39, 0.29) is 5.91 Å². The molecule has 0 heterocycles. The standard InChI is InChI=1S/C18H21ClN2O3S2/c1-14(18(22)20-11-12-25-17-9-4-3-5-10-17)21(26(2,23)24)16-8-6-7-15(19)13-16/h3-10,13-14H,11-12H2,1-2H3,(H,20,22)/t14-/m1/s1. The Morgan fingerprint density at radius 1 is 1.19 bits per heavy atom. The number of thioether (sulfide) groups is 1. The lowest BCUT2D eigenvalue weighted by Crippen LogP contribution is -2.48. The number of hydrogen-bond acceptors (Lipinski definition) is 4. The number of anilines is 1. The molecule has 0 spiro atoms. The van der Waals surface area contributed by atoms with Crippen molar-refractivity contribution in [1.82, 2.24) is 5.32 Å². The summed E-state index contributed by atoms with van der Waals surface area (Å²) in [7, 11) is -3.64. The maximum atomic E-state index is 12.4. The summed E-state index contributed by atoms with van der Waals surface area (Å²) in [5, 5.41) is 3.20. The molecule has 140 valence electrons. The van der Waals surface area contributed by atoms with E-state index in [1.807, 2.05) is 30.3 Å². The molecule has 2 rings (SSSR count). The van der Waals surface area contributed by atoms with Crippen molar-refractivity contribution >= 4 is 45.0 Å². The van der Waals surface area contributed by atoms with Crippen molar-refractivity contribution < 1.29 is 13.2 Å². The van der Waals surface area contributed by atoms with E-state index in [0.29, 0.717) is 23.0 Å². The molecule has 1 N–H and O–H groups in total. The minimum atomic E-state index is -3.64. The van der Waals surface area contributed by atoms with Crippen LogP contribution in [0.5, 0.6) is 0 Å². The molecule has 0 unspecified atom stereocenters. The maximum Gasteiger partial charge on any atom is 0.243 e. The number of carbonyl (C=O) groups is 1. The van der Waals surface area contributed by atoms with E-state index in [9.17, 15) is 13.2 Å². The Balaban J connectivity index is 1.99. The van der Waals surface area contributed by atoms with Crippen molar-refractivity contribution in [3.8, 4) is 0 Å². The SMILES string of the molecule is C[C@H](C(=O)NCCSc1ccccc1)N(c1cccc(Cl)c1)S(C)(=O)=O. The van der Waals surface area contributed by atoms with Gasteiger partial charge in [0.05, 0.1) is 11.9 Å². The van der Waals surface area contributed by atoms with Crippen LogP contribution < -0.4 is 9.62 Å². The van der Waals surface area contributed by atoms with Gasteiger partial charge in [0, 0.05) is 22.2 Å². The highest BCUT2D eigenvalue weighted by Gasteiger charge is 2.28. The summed E-state index contributed by atoms with van der Waals surface area (Å²) in [5.74, 6) is 0.336. The van der Waals surface area contributed by atoms with E-state index in [1.54, 1.807) is 36.9 Å². The first-order valence-electron chi connectivity index (χ1n) is 7.99. The Morgan fingerprint density at radius 2 is 1.88 bits per heavy atom. The van der Waals surface area contributed by atoms with Gasteiger partial charge in [-0.1, -0.05) is 35.9 Å². The van der Waals surface area contributed by atoms with Crippen LogP contribution in [0.4, 0.5) is 5.69 Å². The maximum absolute atomic E-state index is 12.4. The Bertz CT molecular complexity index is 845. The quantitative estimate of drug-likeness (QED) is 0.533. The van der Waals surface area contributed by atoms with Crippen LogP contribution in [-0.2, 0) is 14.8 Å². The highest BCUT2D eigenvalue weighted by Crippen LogP contribution is 2.24. The van der Waals surface area contributed by atoms with Gasteiger partial charge in [0.15, 0.2) is 0 Å². The Labute approximate surface area is 163 Å². The summed E-state index contributed by atoms with van der Waals surface area (Å²) in [6.45, 7) is 2.00. The van der Waals surface area contributed by atoms with Gasteiger partial charge in [-0.25, -0.2) is 8.42 Å². The molecule has 0 aliphatic carbocycles. The van der Waals surface area contributed by atoms with Gasteiger partial charge in [-0.05, 0) is 37.3 Å². The monoisotopic (exact) mass is 412 g/mol. The van der Waals surface area contributed by atoms with E-state index in [0.717, 1.165) is 15.5 Å². The molecule has 0 aliphatic rings. The molecule has 2 aromatic carbocycles. The molecular weight excluding hydrogens is 392 g/mol. The number of hydrogen-bond donors (Lipinski definition) is 1. The summed E-state index contributed by atoms with van der Waals surface area (Å²) in [6.07, 6.45) is 1.07. The van der Waals surface area contributed by atoms with Crippen LogP contribution >= 0.6 is 23.4 Å². The molecule has 1 atom stereocenters. The molecule has 0 bridgehead atoms. The van der Waals surface area contributed by atoms with Crippen molar-refractivity contribution in [2.75, 3.05) is 22.9 Å². The van der Waals surface area contributed by atoms with Gasteiger partial charge in [-0.2, -0.15) is 0 Å². The van der Waals surface area contributed by atoms with Crippen molar-refractivity contribution in [3.05, 3.63) is 59.6 Å². The van der Waals surface area contributed by atoms with Gasteiger partial charge in [-0.3, -0.25) is 9.10 Å². The van der Waals surface area contributed by atoms with E-state index in [1.165, 1.54) is 6.07 Å². The van der Waals surface area contributed by atoms with E-state index in [2.05, 4.69) is 5.32 Å². The van der Waals surface area contributed by atoms with Gasteiger partial charge in [0.25, 0.3) is 0 Å². The minimum absolute atomic E-state index is 0.357. The molecule has 0 aliphatic heterocycles. The van der Waals surface area contributed by atoms with Gasteiger partial charge in [0.2, 0.25) is 15.9 Å². The molecule has 5 nitrogen and oxygen atoms in total. The van der Waals surface area contributed by atoms with E-state index in [4.69, 9.17) is 11.6 Å². The van der Waals surface area contributed by atoms with Crippen LogP contribution in [0.25, 0.3) is 0 Å². The van der Waals surface area contributed by atoms with Crippen LogP contribution in [-0.4, -0.2) is 38.9 Å². The zero-order valence-corrected chi connectivity index (χ0v) is 16.9. The molecule has 0 aromatic heterocycles. The molecule has 26 heavy (non-hydrogen) atoms. The molecule has 8 heteroatoms. The highest BCUT2D eigenvalue weighted by molar-refractivity contribution is 7.99. The lowest BCUT2D eigenvalue weighted by Gasteiger charge is -2.28. The first-order chi connectivity index (χ1) is 12.3. The predicted molar refractivity (Wildman–Crippen MR) is 108 cm³/mol. The Kier molecular flexibility index (Phi) is 7.37. The number of nitrogens with one attached hydrogen (secondary N) is 1. The molecule has 0 fully saturated rings. The number of benzene rings is 2. The molecule has 0 saturated heterocycles. The van der Waals surface area contributed by atoms with Crippen LogP contribution in [0.15, 0.2) is 59.5 Å². The Hall–Kier alpha value is -1.70. The summed E-state index contributed by atoms with van der Waals surface area (Å²) in [5.41, 5.74) is 0.362. The fourth-order valence-electron chi connectivity index (χ4n) is 2.43. The third-order valence-corrected chi connectivity index (χ3v) is 6.05. The predicted octanol–water partition coefficient (Wildman–Crippen LogP) is 3.40. The number of nitrogens with zero attached hydrogens (tertiary/aromatic N) is 1. The van der Waals surface area contributed by atoms with Crippen LogP contribution in [0.2, 0.25) is 5.02 Å². The number of rotatable bonds is 8. The van der Waals surface area contributed by atoms with Gasteiger partial charge in [0.1, 0.15) is 6.04 Å². The van der Waals surface area contributed by atoms with Gasteiger partial charge >= 0.3 is 0 Å². The average molecular weight is 413 g/mol. The molecular formula is C18H21ClN2O3S2. The summed E-state index contributed by atoms with van der Waals surface area (Å²) >= 11 is 7.58. The Morgan fingerprint density at radius 3 is 2.50 bits per heavy atom. The number of carbonyl (C=O) groups excluding carboxylic acids is 1. The summed E-state index contributed by atoms with van der Waals surface area (Å²) < 4.78 is 25.5. The third kappa shape index (κ3) is 5.93. The molecule has 0 radical (unpaired) electrons. The van der Waals surface area contributed by atoms with E-state index < -0.39 is 16.1 Å². The highest BCUT2D eigenvalue weighted by atomic mass is 35.5. The largest absolute Gasteiger partial charge is 0.353 e. The van der Waals surface area contributed by atoms with Crippen molar-refractivity contribution in [2.45, 2.75) is 17.9 Å². The normalized spacial score (nSPS) is 12.4. The van der Waals surface area contributed by atoms with Crippen LogP contribution in [0.1, 0.15) is 6.92 Å². The second-order valence-corrected chi connectivity index (χ2v) is 9.13. The van der Waals surface area contributed by atoms with E-state index >= 15 is 0 Å². The van der Waals surface area contributed by atoms with Gasteiger partial charge in [-0.15, -0.1) is 11.8 Å². The third-order valence-electron chi connectivity index (χ3n) is 3.56. The first kappa shape index (κ1) is 20.6. The smallest absolute Gasteiger partial charge is 0.243 e. The zero-order valence-electron chi connectivity index (χ0n) is 14.6. The van der Waals surface area contributed by atoms with Crippen LogP contribution in [0, 0.1) is 0 Å². The fourth-order valence-corrected chi connectivity index (χ4v) is 4.57. The van der Waals surface area contributed by atoms with Crippen LogP contribution in [0.3, 0.4) is 0 Å². The molecule has 2 aromatic rings. The number of sulfonamides is 1. The van der Waals surface area contributed by atoms with Gasteiger partial charge < -0.3 is 5.32 Å². The second-order valence-electron chi connectivity index (χ2n) is 5.67. The first-order valence-corrected chi connectivity index (χ1v) is 11.2. The number of amides is 1. The lowest BCUT2D eigenvalue weighted by molar-refractivity contribution is -0.121.